The molecule has 1 heterocycles. The molecule has 0 saturated heterocycles. The number of carbonyl (C=O) groups is 1. The van der Waals surface area contributed by atoms with Crippen LogP contribution in [0.5, 0.6) is 5.75 Å². The van der Waals surface area contributed by atoms with Gasteiger partial charge in [-0.15, -0.1) is 0 Å². The lowest BCUT2D eigenvalue weighted by molar-refractivity contribution is -0.120. The third-order valence-electron chi connectivity index (χ3n) is 4.21. The molecule has 1 aromatic heterocycles. The van der Waals surface area contributed by atoms with Gasteiger partial charge in [0.2, 0.25) is 5.91 Å². The third-order valence-corrected chi connectivity index (χ3v) is 5.23. The van der Waals surface area contributed by atoms with E-state index in [1.807, 2.05) is 55.5 Å². The number of thioether (sulfide) groups is 1. The lowest BCUT2D eigenvalue weighted by atomic mass is 10.1. The first-order chi connectivity index (χ1) is 12.6. The molecule has 5 heteroatoms. The van der Waals surface area contributed by atoms with Crippen molar-refractivity contribution in [2.24, 2.45) is 0 Å². The van der Waals surface area contributed by atoms with Crippen LogP contribution >= 0.6 is 11.8 Å². The fourth-order valence-electron chi connectivity index (χ4n) is 2.79. The van der Waals surface area contributed by atoms with Gasteiger partial charge >= 0.3 is 0 Å². The van der Waals surface area contributed by atoms with Crippen LogP contribution in [0.4, 0.5) is 0 Å². The number of aromatic nitrogens is 1. The Hall–Kier alpha value is -2.53. The molecule has 0 aliphatic carbocycles. The highest BCUT2D eigenvalue weighted by molar-refractivity contribution is 8.00. The minimum Gasteiger partial charge on any atom is -0.496 e. The molecule has 0 bridgehead atoms. The third kappa shape index (κ3) is 4.17. The summed E-state index contributed by atoms with van der Waals surface area (Å²) in [6.45, 7) is 4.41. The first kappa shape index (κ1) is 18.3. The molecule has 1 amide bonds. The number of aryl methyl sites for hydroxylation is 1. The number of hydrogen-bond acceptors (Lipinski definition) is 4. The second-order valence-corrected chi connectivity index (χ2v) is 7.45. The van der Waals surface area contributed by atoms with Crippen molar-refractivity contribution in [1.82, 2.24) is 10.3 Å². The number of carbonyl (C=O) groups excluding carboxylic acids is 1. The summed E-state index contributed by atoms with van der Waals surface area (Å²) < 4.78 is 5.32. The maximum atomic E-state index is 12.5. The monoisotopic (exact) mass is 366 g/mol. The predicted octanol–water partition coefficient (Wildman–Crippen LogP) is 4.35. The molecule has 0 aliphatic heterocycles. The van der Waals surface area contributed by atoms with Crippen molar-refractivity contribution < 1.29 is 9.53 Å². The lowest BCUT2D eigenvalue weighted by Crippen LogP contribution is -2.30. The zero-order valence-corrected chi connectivity index (χ0v) is 16.0. The maximum absolute atomic E-state index is 12.5. The molecule has 4 nitrogen and oxygen atoms in total. The van der Waals surface area contributed by atoms with Crippen molar-refractivity contribution in [1.29, 1.82) is 0 Å². The number of fused-ring (bicyclic) bond motifs is 1. The number of pyridine rings is 1. The summed E-state index contributed by atoms with van der Waals surface area (Å²) in [5.74, 6) is 0.758. The van der Waals surface area contributed by atoms with Crippen molar-refractivity contribution >= 4 is 28.6 Å². The number of methoxy groups -OCH3 is 1. The summed E-state index contributed by atoms with van der Waals surface area (Å²) >= 11 is 1.47. The number of hydrogen-bond donors (Lipinski definition) is 1. The second-order valence-electron chi connectivity index (χ2n) is 6.08. The van der Waals surface area contributed by atoms with Gasteiger partial charge in [0.25, 0.3) is 0 Å². The van der Waals surface area contributed by atoms with Crippen LogP contribution in [0.15, 0.2) is 59.6 Å². The summed E-state index contributed by atoms with van der Waals surface area (Å²) in [4.78, 5) is 17.1. The summed E-state index contributed by atoms with van der Waals surface area (Å²) in [5, 5.41) is 4.75. The SMILES string of the molecule is COc1ccccc1CNC(=O)C(C)Sc1cc(C)c2ccccc2n1. The quantitative estimate of drug-likeness (QED) is 0.659. The zero-order chi connectivity index (χ0) is 18.5. The van der Waals surface area contributed by atoms with Crippen molar-refractivity contribution in [3.05, 3.63) is 65.7 Å². The number of para-hydroxylation sites is 2. The molecular weight excluding hydrogens is 344 g/mol. The highest BCUT2D eigenvalue weighted by Crippen LogP contribution is 2.26. The van der Waals surface area contributed by atoms with E-state index < -0.39 is 0 Å². The zero-order valence-electron chi connectivity index (χ0n) is 15.2. The number of nitrogens with zero attached hydrogens (tertiary/aromatic N) is 1. The summed E-state index contributed by atoms with van der Waals surface area (Å²) in [6.07, 6.45) is 0. The molecular formula is C21H22N2O2S. The van der Waals surface area contributed by atoms with E-state index in [0.29, 0.717) is 6.54 Å². The van der Waals surface area contributed by atoms with Gasteiger partial charge in [-0.2, -0.15) is 0 Å². The van der Waals surface area contributed by atoms with Gasteiger partial charge < -0.3 is 10.1 Å². The van der Waals surface area contributed by atoms with Crippen LogP contribution in [0.3, 0.4) is 0 Å². The minimum atomic E-state index is -0.238. The van der Waals surface area contributed by atoms with Gasteiger partial charge in [-0.25, -0.2) is 4.98 Å². The molecule has 1 atom stereocenters. The Kier molecular flexibility index (Phi) is 5.78. The van der Waals surface area contributed by atoms with E-state index in [9.17, 15) is 4.79 Å². The standard InChI is InChI=1S/C21H22N2O2S/c1-14-12-20(23-18-10-6-5-9-17(14)18)26-15(2)21(24)22-13-16-8-4-7-11-19(16)25-3/h4-12,15H,13H2,1-3H3,(H,22,24). The van der Waals surface area contributed by atoms with Gasteiger partial charge in [-0.05, 0) is 37.6 Å². The van der Waals surface area contributed by atoms with Gasteiger partial charge in [0.1, 0.15) is 5.75 Å². The first-order valence-electron chi connectivity index (χ1n) is 8.51. The van der Waals surface area contributed by atoms with Crippen LogP contribution < -0.4 is 10.1 Å². The average Bonchev–Trinajstić information content (AvgIpc) is 2.66. The van der Waals surface area contributed by atoms with Crippen LogP contribution in [0.1, 0.15) is 18.1 Å². The largest absolute Gasteiger partial charge is 0.496 e. The molecule has 3 rings (SSSR count). The Morgan fingerprint density at radius 3 is 2.73 bits per heavy atom. The molecule has 1 unspecified atom stereocenters. The van der Waals surface area contributed by atoms with Crippen LogP contribution in [0, 0.1) is 6.92 Å². The lowest BCUT2D eigenvalue weighted by Gasteiger charge is -2.14. The molecule has 0 aliphatic rings. The Balaban J connectivity index is 1.66. The number of rotatable bonds is 6. The molecule has 134 valence electrons. The number of benzene rings is 2. The molecule has 1 N–H and O–H groups in total. The normalized spacial score (nSPS) is 12.0. The maximum Gasteiger partial charge on any atom is 0.233 e. The van der Waals surface area contributed by atoms with Crippen LogP contribution in [0.25, 0.3) is 10.9 Å². The van der Waals surface area contributed by atoms with Gasteiger partial charge in [0.05, 0.1) is 22.9 Å². The Morgan fingerprint density at radius 2 is 1.92 bits per heavy atom. The van der Waals surface area contributed by atoms with E-state index in [1.54, 1.807) is 7.11 Å². The van der Waals surface area contributed by atoms with E-state index >= 15 is 0 Å². The summed E-state index contributed by atoms with van der Waals surface area (Å²) in [5.41, 5.74) is 3.08. The average molecular weight is 366 g/mol. The molecule has 2 aromatic carbocycles. The van der Waals surface area contributed by atoms with Gasteiger partial charge in [-0.1, -0.05) is 48.2 Å². The molecule has 0 radical (unpaired) electrons. The molecule has 0 fully saturated rings. The van der Waals surface area contributed by atoms with Gasteiger partial charge in [0.15, 0.2) is 0 Å². The van der Waals surface area contributed by atoms with Crippen molar-refractivity contribution in [2.75, 3.05) is 7.11 Å². The van der Waals surface area contributed by atoms with E-state index in [0.717, 1.165) is 27.2 Å². The molecule has 26 heavy (non-hydrogen) atoms. The van der Waals surface area contributed by atoms with E-state index in [1.165, 1.54) is 17.3 Å². The van der Waals surface area contributed by atoms with Crippen molar-refractivity contribution in [3.8, 4) is 5.75 Å². The first-order valence-corrected chi connectivity index (χ1v) is 9.39. The highest BCUT2D eigenvalue weighted by atomic mass is 32.2. The minimum absolute atomic E-state index is 0.0199. The van der Waals surface area contributed by atoms with Crippen molar-refractivity contribution in [2.45, 2.75) is 30.7 Å². The fourth-order valence-corrected chi connectivity index (χ4v) is 3.74. The Labute approximate surface area is 158 Å². The van der Waals surface area contributed by atoms with E-state index in [-0.39, 0.29) is 11.2 Å². The second kappa shape index (κ2) is 8.23. The summed E-state index contributed by atoms with van der Waals surface area (Å²) in [7, 11) is 1.63. The topological polar surface area (TPSA) is 51.2 Å². The number of amides is 1. The Bertz CT molecular complexity index is 927. The molecule has 0 saturated carbocycles. The molecule has 3 aromatic rings. The smallest absolute Gasteiger partial charge is 0.233 e. The molecule has 0 spiro atoms. The van der Waals surface area contributed by atoms with Crippen molar-refractivity contribution in [3.63, 3.8) is 0 Å². The van der Waals surface area contributed by atoms with Crippen LogP contribution in [-0.2, 0) is 11.3 Å². The Morgan fingerprint density at radius 1 is 1.19 bits per heavy atom. The van der Waals surface area contributed by atoms with Crippen LogP contribution in [-0.4, -0.2) is 23.3 Å². The van der Waals surface area contributed by atoms with E-state index in [4.69, 9.17) is 4.74 Å². The van der Waals surface area contributed by atoms with E-state index in [2.05, 4.69) is 23.3 Å². The fraction of sp³-hybridized carbons (Fsp3) is 0.238. The number of ether oxygens (including phenoxy) is 1. The predicted molar refractivity (Wildman–Crippen MR) is 107 cm³/mol. The summed E-state index contributed by atoms with van der Waals surface area (Å²) in [6, 6.07) is 17.8. The van der Waals surface area contributed by atoms with Gasteiger partial charge in [-0.3, -0.25) is 4.79 Å². The van der Waals surface area contributed by atoms with Gasteiger partial charge in [0, 0.05) is 17.5 Å². The highest BCUT2D eigenvalue weighted by Gasteiger charge is 2.16. The van der Waals surface area contributed by atoms with Crippen LogP contribution in [0.2, 0.25) is 0 Å². The number of nitrogens with one attached hydrogen (secondary N) is 1.